The molecule has 0 spiro atoms. The van der Waals surface area contributed by atoms with Crippen molar-refractivity contribution in [2.75, 3.05) is 75.1 Å². The molecule has 0 unspecified atom stereocenters. The zero-order valence-corrected chi connectivity index (χ0v) is 22.1. The molecule has 0 radical (unpaired) electrons. The van der Waals surface area contributed by atoms with Crippen LogP contribution in [0, 0.1) is 0 Å². The first kappa shape index (κ1) is 30.2. The molecule has 0 saturated heterocycles. The Hall–Kier alpha value is -3.02. The largest absolute Gasteiger partial charge is 0.377 e. The molecule has 0 fully saturated rings. The van der Waals surface area contributed by atoms with Gasteiger partial charge in [-0.3, -0.25) is 4.79 Å². The van der Waals surface area contributed by atoms with Gasteiger partial charge < -0.3 is 36.5 Å². The van der Waals surface area contributed by atoms with Crippen LogP contribution in [-0.4, -0.2) is 80.0 Å². The number of nitrogens with two attached hydrogens (primary N) is 1. The Balaban J connectivity index is 1.60. The van der Waals surface area contributed by atoms with Gasteiger partial charge in [-0.05, 0) is 37.9 Å². The van der Waals surface area contributed by atoms with Crippen LogP contribution >= 0.6 is 0 Å². The van der Waals surface area contributed by atoms with E-state index in [0.717, 1.165) is 58.2 Å². The molecule has 2 rings (SSSR count). The SMILES string of the molecule is CCCCNc1nc(NCCCCCCN)nc(NCCOCCOCCNC(=O)c2ccccc2)n1. The van der Waals surface area contributed by atoms with E-state index in [0.29, 0.717) is 62.9 Å². The van der Waals surface area contributed by atoms with Crippen molar-refractivity contribution in [1.82, 2.24) is 20.3 Å². The molecule has 1 aromatic heterocycles. The van der Waals surface area contributed by atoms with Crippen molar-refractivity contribution in [3.05, 3.63) is 35.9 Å². The number of amides is 1. The fourth-order valence-electron chi connectivity index (χ4n) is 3.30. The number of rotatable bonds is 22. The number of hydrogen-bond acceptors (Lipinski definition) is 10. The summed E-state index contributed by atoms with van der Waals surface area (Å²) in [6, 6.07) is 9.12. The Labute approximate surface area is 220 Å². The van der Waals surface area contributed by atoms with Crippen LogP contribution in [-0.2, 0) is 9.47 Å². The average Bonchev–Trinajstić information content (AvgIpc) is 2.92. The minimum Gasteiger partial charge on any atom is -0.377 e. The van der Waals surface area contributed by atoms with Crippen LogP contribution in [0.3, 0.4) is 0 Å². The molecule has 0 aliphatic rings. The molecule has 206 valence electrons. The minimum absolute atomic E-state index is 0.102. The Kier molecular flexibility index (Phi) is 16.4. The normalized spacial score (nSPS) is 10.8. The third-order valence-electron chi connectivity index (χ3n) is 5.33. The van der Waals surface area contributed by atoms with Crippen LogP contribution in [0.25, 0.3) is 0 Å². The summed E-state index contributed by atoms with van der Waals surface area (Å²) in [4.78, 5) is 25.4. The highest BCUT2D eigenvalue weighted by Crippen LogP contribution is 2.10. The van der Waals surface area contributed by atoms with Crippen molar-refractivity contribution < 1.29 is 14.3 Å². The highest BCUT2D eigenvalue weighted by atomic mass is 16.5. The lowest BCUT2D eigenvalue weighted by Gasteiger charge is -2.11. The molecule has 6 N–H and O–H groups in total. The number of ether oxygens (including phenoxy) is 2. The number of carbonyl (C=O) groups is 1. The zero-order chi connectivity index (χ0) is 26.4. The molecule has 0 aliphatic carbocycles. The maximum atomic E-state index is 12.0. The predicted octanol–water partition coefficient (Wildman–Crippen LogP) is 2.89. The van der Waals surface area contributed by atoms with Crippen molar-refractivity contribution in [2.24, 2.45) is 5.73 Å². The molecule has 11 heteroatoms. The second-order valence-corrected chi connectivity index (χ2v) is 8.49. The number of hydrogen-bond donors (Lipinski definition) is 5. The van der Waals surface area contributed by atoms with Crippen LogP contribution < -0.4 is 27.0 Å². The van der Waals surface area contributed by atoms with E-state index in [-0.39, 0.29) is 5.91 Å². The predicted molar refractivity (Wildman–Crippen MR) is 148 cm³/mol. The van der Waals surface area contributed by atoms with Crippen molar-refractivity contribution in [3.63, 3.8) is 0 Å². The Morgan fingerprint density at radius 2 is 1.30 bits per heavy atom. The number of nitrogens with zero attached hydrogens (tertiary/aromatic N) is 3. The summed E-state index contributed by atoms with van der Waals surface area (Å²) < 4.78 is 11.1. The van der Waals surface area contributed by atoms with E-state index < -0.39 is 0 Å². The Morgan fingerprint density at radius 3 is 1.92 bits per heavy atom. The molecule has 1 heterocycles. The topological polar surface area (TPSA) is 148 Å². The summed E-state index contributed by atoms with van der Waals surface area (Å²) in [5.41, 5.74) is 6.19. The van der Waals surface area contributed by atoms with Crippen LogP contribution in [0.4, 0.5) is 17.8 Å². The number of benzene rings is 1. The molecule has 37 heavy (non-hydrogen) atoms. The lowest BCUT2D eigenvalue weighted by molar-refractivity contribution is 0.0519. The minimum atomic E-state index is -0.102. The van der Waals surface area contributed by atoms with Crippen molar-refractivity contribution in [2.45, 2.75) is 45.4 Å². The number of anilines is 3. The molecule has 1 aromatic carbocycles. The first-order valence-corrected chi connectivity index (χ1v) is 13.4. The number of aromatic nitrogens is 3. The number of carbonyl (C=O) groups excluding carboxylic acids is 1. The highest BCUT2D eigenvalue weighted by Gasteiger charge is 2.06. The zero-order valence-electron chi connectivity index (χ0n) is 22.1. The maximum absolute atomic E-state index is 12.0. The molecule has 0 bridgehead atoms. The van der Waals surface area contributed by atoms with Gasteiger partial charge in [0.2, 0.25) is 17.8 Å². The van der Waals surface area contributed by atoms with Crippen LogP contribution in [0.1, 0.15) is 55.8 Å². The maximum Gasteiger partial charge on any atom is 0.251 e. The van der Waals surface area contributed by atoms with E-state index in [1.165, 1.54) is 0 Å². The van der Waals surface area contributed by atoms with Gasteiger partial charge in [-0.25, -0.2) is 0 Å². The van der Waals surface area contributed by atoms with Crippen LogP contribution in [0.2, 0.25) is 0 Å². The number of unbranched alkanes of at least 4 members (excludes halogenated alkanes) is 4. The van der Waals surface area contributed by atoms with Crippen molar-refractivity contribution >= 4 is 23.8 Å². The standard InChI is InChI=1S/C26H44N8O3/c1-2-3-14-29-24-32-25(30-15-10-5-4-9-13-27)34-26(33-24)31-17-19-37-21-20-36-18-16-28-23(35)22-11-7-6-8-12-22/h6-8,11-12H,2-5,9-10,13-21,27H2,1H3,(H,28,35)(H3,29,30,31,32,33,34). The van der Waals surface area contributed by atoms with Gasteiger partial charge in [-0.2, -0.15) is 15.0 Å². The quantitative estimate of drug-likeness (QED) is 0.148. The van der Waals surface area contributed by atoms with Gasteiger partial charge in [0.1, 0.15) is 0 Å². The molecule has 11 nitrogen and oxygen atoms in total. The second kappa shape index (κ2) is 20.1. The highest BCUT2D eigenvalue weighted by molar-refractivity contribution is 5.94. The van der Waals surface area contributed by atoms with Crippen LogP contribution in [0.5, 0.6) is 0 Å². The average molecular weight is 517 g/mol. The smallest absolute Gasteiger partial charge is 0.251 e. The molecular weight excluding hydrogens is 472 g/mol. The van der Waals surface area contributed by atoms with E-state index in [4.69, 9.17) is 15.2 Å². The van der Waals surface area contributed by atoms with E-state index in [2.05, 4.69) is 43.1 Å². The molecule has 2 aromatic rings. The molecular formula is C26H44N8O3. The van der Waals surface area contributed by atoms with Crippen molar-refractivity contribution in [1.29, 1.82) is 0 Å². The first-order valence-electron chi connectivity index (χ1n) is 13.4. The number of nitrogens with one attached hydrogen (secondary N) is 4. The van der Waals surface area contributed by atoms with Gasteiger partial charge >= 0.3 is 0 Å². The summed E-state index contributed by atoms with van der Waals surface area (Å²) in [7, 11) is 0. The fraction of sp³-hybridized carbons (Fsp3) is 0.615. The first-order chi connectivity index (χ1) is 18.2. The van der Waals surface area contributed by atoms with Gasteiger partial charge in [0, 0.05) is 31.7 Å². The molecule has 0 atom stereocenters. The molecule has 0 saturated carbocycles. The summed E-state index contributed by atoms with van der Waals surface area (Å²) >= 11 is 0. The third kappa shape index (κ3) is 14.3. The summed E-state index contributed by atoms with van der Waals surface area (Å²) in [5.74, 6) is 1.53. The fourth-order valence-corrected chi connectivity index (χ4v) is 3.30. The van der Waals surface area contributed by atoms with Gasteiger partial charge in [0.15, 0.2) is 0 Å². The van der Waals surface area contributed by atoms with Crippen molar-refractivity contribution in [3.8, 4) is 0 Å². The molecule has 0 aliphatic heterocycles. The molecule has 1 amide bonds. The van der Waals surface area contributed by atoms with Crippen LogP contribution in [0.15, 0.2) is 30.3 Å². The summed E-state index contributed by atoms with van der Waals surface area (Å²) in [6.45, 7) is 7.37. The van der Waals surface area contributed by atoms with E-state index >= 15 is 0 Å². The third-order valence-corrected chi connectivity index (χ3v) is 5.33. The van der Waals surface area contributed by atoms with Gasteiger partial charge in [-0.15, -0.1) is 0 Å². The van der Waals surface area contributed by atoms with E-state index in [1.54, 1.807) is 12.1 Å². The lowest BCUT2D eigenvalue weighted by Crippen LogP contribution is -2.27. The van der Waals surface area contributed by atoms with Gasteiger partial charge in [-0.1, -0.05) is 44.4 Å². The summed E-state index contributed by atoms with van der Waals surface area (Å²) in [5, 5.41) is 12.6. The summed E-state index contributed by atoms with van der Waals surface area (Å²) in [6.07, 6.45) is 6.52. The Bertz CT molecular complexity index is 857. The van der Waals surface area contributed by atoms with Gasteiger partial charge in [0.05, 0.1) is 26.4 Å². The van der Waals surface area contributed by atoms with E-state index in [9.17, 15) is 4.79 Å². The monoisotopic (exact) mass is 516 g/mol. The van der Waals surface area contributed by atoms with E-state index in [1.807, 2.05) is 18.2 Å². The second-order valence-electron chi connectivity index (χ2n) is 8.49. The van der Waals surface area contributed by atoms with Gasteiger partial charge in [0.25, 0.3) is 5.91 Å². The lowest BCUT2D eigenvalue weighted by atomic mass is 10.2. The Morgan fingerprint density at radius 1 is 0.730 bits per heavy atom.